The summed E-state index contributed by atoms with van der Waals surface area (Å²) in [7, 11) is 2.00. The molecule has 0 spiro atoms. The maximum atomic E-state index is 13.0. The Balaban J connectivity index is 1.68. The van der Waals surface area contributed by atoms with E-state index in [1.54, 1.807) is 4.57 Å². The molecule has 1 atom stereocenters. The highest BCUT2D eigenvalue weighted by Crippen LogP contribution is 2.38. The molecule has 5 aromatic rings. The number of aromatic amines is 1. The maximum Gasteiger partial charge on any atom is 0.348 e. The number of nitrogens with zero attached hydrogens (tertiary/aromatic N) is 4. The highest BCUT2D eigenvalue weighted by atomic mass is 16.1. The van der Waals surface area contributed by atoms with Gasteiger partial charge in [-0.25, -0.2) is 14.5 Å². The van der Waals surface area contributed by atoms with Crippen LogP contribution in [0.15, 0.2) is 59.7 Å². The predicted molar refractivity (Wildman–Crippen MR) is 122 cm³/mol. The molecule has 1 aliphatic carbocycles. The fraction of sp³-hybridized carbons (Fsp3) is 0.250. The number of rotatable bonds is 3. The van der Waals surface area contributed by atoms with Crippen LogP contribution in [0.1, 0.15) is 17.7 Å². The molecule has 0 radical (unpaired) electrons. The Labute approximate surface area is 178 Å². The van der Waals surface area contributed by atoms with E-state index in [0.717, 1.165) is 46.9 Å². The van der Waals surface area contributed by atoms with Crippen molar-refractivity contribution < 1.29 is 0 Å². The summed E-state index contributed by atoms with van der Waals surface area (Å²) in [6, 6.07) is 14.3. The van der Waals surface area contributed by atoms with Crippen LogP contribution in [0.3, 0.4) is 0 Å². The second kappa shape index (κ2) is 6.72. The van der Waals surface area contributed by atoms with Gasteiger partial charge in [0.1, 0.15) is 0 Å². The second-order valence-electron chi connectivity index (χ2n) is 8.43. The molecule has 0 saturated carbocycles. The summed E-state index contributed by atoms with van der Waals surface area (Å²) < 4.78 is 6.02. The Hall–Kier alpha value is -3.58. The maximum absolute atomic E-state index is 13.0. The van der Waals surface area contributed by atoms with Crippen molar-refractivity contribution in [3.05, 3.63) is 76.6 Å². The lowest BCUT2D eigenvalue weighted by atomic mass is 9.85. The van der Waals surface area contributed by atoms with Gasteiger partial charge in [-0.2, -0.15) is 5.10 Å². The van der Waals surface area contributed by atoms with Gasteiger partial charge in [-0.3, -0.25) is 0 Å². The molecule has 7 nitrogen and oxygen atoms in total. The summed E-state index contributed by atoms with van der Waals surface area (Å²) in [5, 5.41) is 8.26. The average Bonchev–Trinajstić information content (AvgIpc) is 3.44. The molecule has 0 saturated heterocycles. The SMILES string of the molecule is Cn1cc(-n2c(-c3c4c(n5ccccc35)CCC(CN)C4)n[nH]c2=O)c2ccccc21. The normalized spacial score (nSPS) is 16.3. The molecular weight excluding hydrogens is 388 g/mol. The van der Waals surface area contributed by atoms with Gasteiger partial charge in [0.05, 0.1) is 11.2 Å². The Kier molecular flexibility index (Phi) is 3.94. The summed E-state index contributed by atoms with van der Waals surface area (Å²) in [6.07, 6.45) is 7.07. The van der Waals surface area contributed by atoms with E-state index >= 15 is 0 Å². The number of hydrogen-bond acceptors (Lipinski definition) is 3. The number of para-hydroxylation sites is 1. The van der Waals surface area contributed by atoms with E-state index in [2.05, 4.69) is 39.0 Å². The number of nitrogens with one attached hydrogen (secondary N) is 1. The highest BCUT2D eigenvalue weighted by Gasteiger charge is 2.29. The molecule has 31 heavy (non-hydrogen) atoms. The third-order valence-electron chi connectivity index (χ3n) is 6.69. The van der Waals surface area contributed by atoms with E-state index in [4.69, 9.17) is 5.73 Å². The Morgan fingerprint density at radius 1 is 1.16 bits per heavy atom. The third kappa shape index (κ3) is 2.56. The molecule has 0 amide bonds. The van der Waals surface area contributed by atoms with Crippen molar-refractivity contribution >= 4 is 16.4 Å². The Bertz CT molecular complexity index is 1500. The zero-order valence-electron chi connectivity index (χ0n) is 17.4. The van der Waals surface area contributed by atoms with Gasteiger partial charge in [-0.15, -0.1) is 0 Å². The van der Waals surface area contributed by atoms with Crippen LogP contribution in [0.4, 0.5) is 0 Å². The molecule has 1 aliphatic rings. The smallest absolute Gasteiger partial charge is 0.348 e. The number of aryl methyl sites for hydroxylation is 2. The van der Waals surface area contributed by atoms with Crippen molar-refractivity contribution in [2.24, 2.45) is 18.7 Å². The monoisotopic (exact) mass is 412 g/mol. The standard InChI is InChI=1S/C24H24N6O/c1-28-14-21(16-6-2-3-7-18(16)28)30-23(26-27-24(30)31)22-17-12-15(13-25)9-10-19(17)29-11-5-4-8-20(22)29/h2-8,11,14-15H,9-10,12-13,25H2,1H3,(H,27,31). The number of aromatic nitrogens is 5. The number of fused-ring (bicyclic) bond motifs is 4. The molecule has 6 rings (SSSR count). The first kappa shape index (κ1) is 18.2. The average molecular weight is 412 g/mol. The van der Waals surface area contributed by atoms with Gasteiger partial charge in [0.25, 0.3) is 0 Å². The quantitative estimate of drug-likeness (QED) is 0.478. The lowest BCUT2D eigenvalue weighted by molar-refractivity contribution is 0.464. The number of benzene rings is 1. The number of pyridine rings is 1. The first-order valence-corrected chi connectivity index (χ1v) is 10.7. The van der Waals surface area contributed by atoms with Gasteiger partial charge in [0.15, 0.2) is 5.82 Å². The van der Waals surface area contributed by atoms with Crippen molar-refractivity contribution in [1.82, 2.24) is 23.7 Å². The van der Waals surface area contributed by atoms with Gasteiger partial charge < -0.3 is 14.7 Å². The van der Waals surface area contributed by atoms with Crippen LogP contribution in [0, 0.1) is 5.92 Å². The van der Waals surface area contributed by atoms with Crippen molar-refractivity contribution in [3.8, 4) is 17.1 Å². The molecule has 156 valence electrons. The van der Waals surface area contributed by atoms with Crippen LogP contribution in [-0.4, -0.2) is 30.3 Å². The van der Waals surface area contributed by atoms with Gasteiger partial charge in [0, 0.05) is 41.6 Å². The number of H-pyrrole nitrogens is 1. The second-order valence-corrected chi connectivity index (χ2v) is 8.43. The van der Waals surface area contributed by atoms with Gasteiger partial charge in [0.2, 0.25) is 0 Å². The lowest BCUT2D eigenvalue weighted by Crippen LogP contribution is -2.22. The van der Waals surface area contributed by atoms with E-state index in [1.807, 2.05) is 42.1 Å². The molecule has 3 N–H and O–H groups in total. The first-order valence-electron chi connectivity index (χ1n) is 10.7. The van der Waals surface area contributed by atoms with E-state index in [-0.39, 0.29) is 5.69 Å². The molecule has 0 bridgehead atoms. The van der Waals surface area contributed by atoms with Crippen molar-refractivity contribution in [1.29, 1.82) is 0 Å². The fourth-order valence-electron chi connectivity index (χ4n) is 5.19. The fourth-order valence-corrected chi connectivity index (χ4v) is 5.19. The highest BCUT2D eigenvalue weighted by molar-refractivity contribution is 5.91. The Morgan fingerprint density at radius 3 is 2.84 bits per heavy atom. The predicted octanol–water partition coefficient (Wildman–Crippen LogP) is 3.04. The lowest BCUT2D eigenvalue weighted by Gasteiger charge is -2.22. The number of hydrogen-bond donors (Lipinski definition) is 2. The zero-order valence-corrected chi connectivity index (χ0v) is 17.4. The van der Waals surface area contributed by atoms with Gasteiger partial charge in [-0.1, -0.05) is 24.3 Å². The third-order valence-corrected chi connectivity index (χ3v) is 6.69. The summed E-state index contributed by atoms with van der Waals surface area (Å²) in [4.78, 5) is 13.0. The van der Waals surface area contributed by atoms with Crippen LogP contribution in [0.2, 0.25) is 0 Å². The number of nitrogens with two attached hydrogens (primary N) is 1. The topological polar surface area (TPSA) is 86.0 Å². The van der Waals surface area contributed by atoms with E-state index in [0.29, 0.717) is 18.3 Å². The largest absolute Gasteiger partial charge is 0.348 e. The molecule has 7 heteroatoms. The summed E-state index contributed by atoms with van der Waals surface area (Å²) in [5.41, 5.74) is 12.4. The van der Waals surface area contributed by atoms with Crippen LogP contribution in [-0.2, 0) is 19.9 Å². The van der Waals surface area contributed by atoms with Crippen molar-refractivity contribution in [3.63, 3.8) is 0 Å². The van der Waals surface area contributed by atoms with Crippen molar-refractivity contribution in [2.45, 2.75) is 19.3 Å². The molecule has 4 aromatic heterocycles. The molecule has 1 aromatic carbocycles. The molecule has 4 heterocycles. The van der Waals surface area contributed by atoms with Crippen LogP contribution in [0.5, 0.6) is 0 Å². The van der Waals surface area contributed by atoms with E-state index in [1.165, 1.54) is 11.3 Å². The summed E-state index contributed by atoms with van der Waals surface area (Å²) in [6.45, 7) is 0.668. The van der Waals surface area contributed by atoms with Crippen molar-refractivity contribution in [2.75, 3.05) is 6.54 Å². The molecular formula is C24H24N6O. The van der Waals surface area contributed by atoms with E-state index < -0.39 is 0 Å². The Morgan fingerprint density at radius 2 is 1.97 bits per heavy atom. The zero-order chi connectivity index (χ0) is 21.1. The summed E-state index contributed by atoms with van der Waals surface area (Å²) in [5.74, 6) is 1.10. The van der Waals surface area contributed by atoms with Crippen LogP contribution < -0.4 is 11.4 Å². The molecule has 0 fully saturated rings. The minimum Gasteiger partial charge on any atom is -0.348 e. The minimum absolute atomic E-state index is 0.235. The van der Waals surface area contributed by atoms with Crippen LogP contribution in [0.25, 0.3) is 33.5 Å². The van der Waals surface area contributed by atoms with Gasteiger partial charge >= 0.3 is 5.69 Å². The van der Waals surface area contributed by atoms with E-state index in [9.17, 15) is 4.79 Å². The van der Waals surface area contributed by atoms with Gasteiger partial charge in [-0.05, 0) is 55.5 Å². The minimum atomic E-state index is -0.235. The first-order chi connectivity index (χ1) is 15.2. The molecule has 1 unspecified atom stereocenters. The van der Waals surface area contributed by atoms with Crippen LogP contribution >= 0.6 is 0 Å². The summed E-state index contributed by atoms with van der Waals surface area (Å²) >= 11 is 0. The molecule has 0 aliphatic heterocycles.